The molecule has 1 fully saturated rings. The third-order valence-electron chi connectivity index (χ3n) is 3.78. The monoisotopic (exact) mass is 301 g/mol. The van der Waals surface area contributed by atoms with Crippen LogP contribution >= 0.6 is 11.6 Å². The number of halogens is 1. The summed E-state index contributed by atoms with van der Waals surface area (Å²) in [6, 6.07) is 7.08. The number of rotatable bonds is 3. The predicted molar refractivity (Wildman–Crippen MR) is 78.0 cm³/mol. The maximum absolute atomic E-state index is 12.5. The highest BCUT2D eigenvalue weighted by molar-refractivity contribution is 7.89. The number of alkyl halides is 1. The number of hydrogen-bond acceptors (Lipinski definition) is 2. The molecule has 0 aromatic heterocycles. The molecule has 1 aliphatic heterocycles. The fraction of sp³-hybridized carbons (Fsp3) is 0.571. The molecule has 0 aliphatic carbocycles. The van der Waals surface area contributed by atoms with Crippen molar-refractivity contribution in [3.63, 3.8) is 0 Å². The van der Waals surface area contributed by atoms with Gasteiger partial charge < -0.3 is 0 Å². The third kappa shape index (κ3) is 3.30. The molecule has 0 amide bonds. The molecule has 2 rings (SSSR count). The number of nitrogens with zero attached hydrogens (tertiary/aromatic N) is 1. The van der Waals surface area contributed by atoms with E-state index in [0.717, 1.165) is 18.4 Å². The Balaban J connectivity index is 2.14. The molecule has 106 valence electrons. The lowest BCUT2D eigenvalue weighted by Crippen LogP contribution is -2.39. The number of hydrogen-bond donors (Lipinski definition) is 0. The molecule has 1 atom stereocenters. The summed E-state index contributed by atoms with van der Waals surface area (Å²) in [4.78, 5) is 0.393. The maximum atomic E-state index is 12.5. The summed E-state index contributed by atoms with van der Waals surface area (Å²) in [5.74, 6) is 0.422. The minimum absolute atomic E-state index is 0.115. The molecule has 0 saturated carbocycles. The van der Waals surface area contributed by atoms with Gasteiger partial charge in [0.25, 0.3) is 0 Å². The molecule has 1 aromatic carbocycles. The number of aryl methyl sites for hydroxylation is 1. The van der Waals surface area contributed by atoms with Gasteiger partial charge in [-0.3, -0.25) is 0 Å². The van der Waals surface area contributed by atoms with E-state index in [2.05, 4.69) is 0 Å². The van der Waals surface area contributed by atoms with E-state index in [9.17, 15) is 8.42 Å². The normalized spacial score (nSPS) is 20.4. The van der Waals surface area contributed by atoms with Crippen molar-refractivity contribution in [1.29, 1.82) is 0 Å². The number of piperidine rings is 1. The highest BCUT2D eigenvalue weighted by atomic mass is 35.5. The standard InChI is InChI=1S/C14H20ClNO2S/c1-11-4-3-5-14(10-11)19(17,18)16-8-6-13(7-9-16)12(2)15/h3-5,10,12-13H,6-9H2,1-2H3. The van der Waals surface area contributed by atoms with E-state index in [1.165, 1.54) is 0 Å². The molecule has 0 N–H and O–H groups in total. The average molecular weight is 302 g/mol. The summed E-state index contributed by atoms with van der Waals surface area (Å²) in [6.45, 7) is 5.02. The molecule has 19 heavy (non-hydrogen) atoms. The number of benzene rings is 1. The van der Waals surface area contributed by atoms with Crippen LogP contribution in [0.3, 0.4) is 0 Å². The van der Waals surface area contributed by atoms with E-state index in [-0.39, 0.29) is 5.38 Å². The second kappa shape index (κ2) is 5.81. The number of sulfonamides is 1. The van der Waals surface area contributed by atoms with Crippen LogP contribution in [0.4, 0.5) is 0 Å². The van der Waals surface area contributed by atoms with E-state index in [1.807, 2.05) is 19.9 Å². The van der Waals surface area contributed by atoms with Gasteiger partial charge in [0, 0.05) is 18.5 Å². The molecule has 0 bridgehead atoms. The Labute approximate surface area is 120 Å². The largest absolute Gasteiger partial charge is 0.243 e. The highest BCUT2D eigenvalue weighted by Gasteiger charge is 2.30. The van der Waals surface area contributed by atoms with Crippen LogP contribution in [0.5, 0.6) is 0 Å². The van der Waals surface area contributed by atoms with Crippen molar-refractivity contribution in [2.45, 2.75) is 37.0 Å². The van der Waals surface area contributed by atoms with Gasteiger partial charge in [-0.1, -0.05) is 12.1 Å². The van der Waals surface area contributed by atoms with Crippen molar-refractivity contribution in [3.8, 4) is 0 Å². The zero-order valence-corrected chi connectivity index (χ0v) is 12.9. The first-order valence-corrected chi connectivity index (χ1v) is 8.50. The van der Waals surface area contributed by atoms with E-state index in [0.29, 0.717) is 23.9 Å². The van der Waals surface area contributed by atoms with Crippen LogP contribution in [0.15, 0.2) is 29.2 Å². The van der Waals surface area contributed by atoms with E-state index in [1.54, 1.807) is 22.5 Å². The van der Waals surface area contributed by atoms with E-state index < -0.39 is 10.0 Å². The highest BCUT2D eigenvalue weighted by Crippen LogP contribution is 2.27. The molecule has 0 spiro atoms. The molecule has 5 heteroatoms. The van der Waals surface area contributed by atoms with Gasteiger partial charge in [0.05, 0.1) is 4.90 Å². The van der Waals surface area contributed by atoms with Gasteiger partial charge in [0.15, 0.2) is 0 Å². The Bertz CT molecular complexity index is 534. The van der Waals surface area contributed by atoms with Crippen LogP contribution in [0.2, 0.25) is 0 Å². The average Bonchev–Trinajstić information content (AvgIpc) is 2.39. The lowest BCUT2D eigenvalue weighted by molar-refractivity contribution is 0.271. The summed E-state index contributed by atoms with van der Waals surface area (Å²) >= 11 is 6.09. The molecule has 3 nitrogen and oxygen atoms in total. The molecular weight excluding hydrogens is 282 g/mol. The fourth-order valence-corrected chi connectivity index (χ4v) is 4.33. The van der Waals surface area contributed by atoms with Gasteiger partial charge in [0.1, 0.15) is 0 Å². The van der Waals surface area contributed by atoms with Crippen molar-refractivity contribution in [2.24, 2.45) is 5.92 Å². The van der Waals surface area contributed by atoms with Crippen molar-refractivity contribution in [1.82, 2.24) is 4.31 Å². The topological polar surface area (TPSA) is 37.4 Å². The second-order valence-electron chi connectivity index (χ2n) is 5.24. The second-order valence-corrected chi connectivity index (χ2v) is 7.86. The molecule has 0 radical (unpaired) electrons. The fourth-order valence-electron chi connectivity index (χ4n) is 2.50. The van der Waals surface area contributed by atoms with Gasteiger partial charge in [-0.15, -0.1) is 11.6 Å². The van der Waals surface area contributed by atoms with Gasteiger partial charge >= 0.3 is 0 Å². The van der Waals surface area contributed by atoms with Gasteiger partial charge in [-0.25, -0.2) is 8.42 Å². The Morgan fingerprint density at radius 2 is 1.95 bits per heavy atom. The third-order valence-corrected chi connectivity index (χ3v) is 6.03. The van der Waals surface area contributed by atoms with Crippen molar-refractivity contribution >= 4 is 21.6 Å². The lowest BCUT2D eigenvalue weighted by Gasteiger charge is -2.32. The Hall–Kier alpha value is -0.580. The smallest absolute Gasteiger partial charge is 0.207 e. The van der Waals surface area contributed by atoms with Gasteiger partial charge in [-0.2, -0.15) is 4.31 Å². The zero-order valence-electron chi connectivity index (χ0n) is 11.3. The van der Waals surface area contributed by atoms with Crippen molar-refractivity contribution < 1.29 is 8.42 Å². The predicted octanol–water partition coefficient (Wildman–Crippen LogP) is 3.02. The first-order chi connectivity index (χ1) is 8.91. The van der Waals surface area contributed by atoms with Gasteiger partial charge in [-0.05, 0) is 50.3 Å². The molecule has 1 aliphatic rings. The zero-order chi connectivity index (χ0) is 14.0. The van der Waals surface area contributed by atoms with Crippen LogP contribution in [0.25, 0.3) is 0 Å². The molecule has 1 heterocycles. The first kappa shape index (κ1) is 14.8. The Morgan fingerprint density at radius 1 is 1.32 bits per heavy atom. The molecule has 1 saturated heterocycles. The lowest BCUT2D eigenvalue weighted by atomic mass is 9.95. The van der Waals surface area contributed by atoms with Crippen LogP contribution in [-0.2, 0) is 10.0 Å². The quantitative estimate of drug-likeness (QED) is 0.805. The molecule has 1 aromatic rings. The maximum Gasteiger partial charge on any atom is 0.243 e. The van der Waals surface area contributed by atoms with Crippen LogP contribution in [0, 0.1) is 12.8 Å². The molecule has 1 unspecified atom stereocenters. The van der Waals surface area contributed by atoms with Crippen LogP contribution < -0.4 is 0 Å². The van der Waals surface area contributed by atoms with Crippen LogP contribution in [-0.4, -0.2) is 31.2 Å². The SMILES string of the molecule is Cc1cccc(S(=O)(=O)N2CCC(C(C)Cl)CC2)c1. The van der Waals surface area contributed by atoms with E-state index in [4.69, 9.17) is 11.6 Å². The van der Waals surface area contributed by atoms with Crippen molar-refractivity contribution in [3.05, 3.63) is 29.8 Å². The molecular formula is C14H20ClNO2S. The first-order valence-electron chi connectivity index (χ1n) is 6.62. The van der Waals surface area contributed by atoms with Gasteiger partial charge in [0.2, 0.25) is 10.0 Å². The summed E-state index contributed by atoms with van der Waals surface area (Å²) in [5.41, 5.74) is 0.963. The minimum atomic E-state index is -3.34. The summed E-state index contributed by atoms with van der Waals surface area (Å²) < 4.78 is 26.6. The Kier molecular flexibility index (Phi) is 4.54. The van der Waals surface area contributed by atoms with Crippen molar-refractivity contribution in [2.75, 3.05) is 13.1 Å². The summed E-state index contributed by atoms with van der Waals surface area (Å²) in [7, 11) is -3.34. The van der Waals surface area contributed by atoms with Crippen LogP contribution in [0.1, 0.15) is 25.3 Å². The minimum Gasteiger partial charge on any atom is -0.207 e. The summed E-state index contributed by atoms with van der Waals surface area (Å²) in [5, 5.41) is 0.115. The summed E-state index contributed by atoms with van der Waals surface area (Å²) in [6.07, 6.45) is 1.69. The van der Waals surface area contributed by atoms with E-state index >= 15 is 0 Å². The Morgan fingerprint density at radius 3 is 2.47 bits per heavy atom.